The Hall–Kier alpha value is -1.19. The summed E-state index contributed by atoms with van der Waals surface area (Å²) in [5.74, 6) is 0. The van der Waals surface area contributed by atoms with E-state index < -0.39 is 0 Å². The predicted molar refractivity (Wildman–Crippen MR) is 50.5 cm³/mol. The molecule has 66 valence electrons. The second kappa shape index (κ2) is 3.28. The average molecular weight is 195 g/mol. The number of aromatic nitrogens is 2. The van der Waals surface area contributed by atoms with Crippen LogP contribution in [0.15, 0.2) is 24.4 Å². The molecule has 0 fully saturated rings. The van der Waals surface area contributed by atoms with Crippen LogP contribution in [0.25, 0.3) is 10.9 Å². The number of hydrogen-bond donors (Lipinski definition) is 1. The van der Waals surface area contributed by atoms with Gasteiger partial charge in [0.05, 0.1) is 12.1 Å². The maximum absolute atomic E-state index is 8.88. The zero-order chi connectivity index (χ0) is 9.26. The molecule has 13 heavy (non-hydrogen) atoms. The van der Waals surface area contributed by atoms with Crippen molar-refractivity contribution in [2.75, 3.05) is 0 Å². The van der Waals surface area contributed by atoms with Crippen LogP contribution < -0.4 is 0 Å². The third kappa shape index (κ3) is 1.61. The smallest absolute Gasteiger partial charge is 0.222 e. The number of benzene rings is 1. The van der Waals surface area contributed by atoms with Gasteiger partial charge in [0.15, 0.2) is 0 Å². The summed E-state index contributed by atoms with van der Waals surface area (Å²) in [5.41, 5.74) is 1.63. The summed E-state index contributed by atoms with van der Waals surface area (Å²) in [7, 11) is 0. The zero-order valence-electron chi connectivity index (χ0n) is 6.74. The van der Waals surface area contributed by atoms with Gasteiger partial charge in [-0.05, 0) is 29.3 Å². The molecule has 1 N–H and O–H groups in total. The second-order valence-corrected chi connectivity index (χ2v) is 3.03. The summed E-state index contributed by atoms with van der Waals surface area (Å²) >= 11 is 5.62. The van der Waals surface area contributed by atoms with E-state index >= 15 is 0 Å². The molecule has 0 saturated carbocycles. The summed E-state index contributed by atoms with van der Waals surface area (Å²) in [5, 5.41) is 10.0. The Morgan fingerprint density at radius 2 is 2.23 bits per heavy atom. The van der Waals surface area contributed by atoms with Gasteiger partial charge >= 0.3 is 0 Å². The molecule has 0 spiro atoms. The van der Waals surface area contributed by atoms with Gasteiger partial charge in [-0.15, -0.1) is 0 Å². The molecule has 2 aromatic rings. The summed E-state index contributed by atoms with van der Waals surface area (Å²) < 4.78 is 0. The highest BCUT2D eigenvalue weighted by Crippen LogP contribution is 2.14. The van der Waals surface area contributed by atoms with Crippen molar-refractivity contribution in [2.24, 2.45) is 0 Å². The number of hydrogen-bond acceptors (Lipinski definition) is 3. The van der Waals surface area contributed by atoms with E-state index in [-0.39, 0.29) is 11.9 Å². The first kappa shape index (κ1) is 8.41. The lowest BCUT2D eigenvalue weighted by Gasteiger charge is -1.99. The van der Waals surface area contributed by atoms with Crippen LogP contribution in [0.3, 0.4) is 0 Å². The van der Waals surface area contributed by atoms with Gasteiger partial charge in [-0.25, -0.2) is 9.97 Å². The fraction of sp³-hybridized carbons (Fsp3) is 0.111. The van der Waals surface area contributed by atoms with E-state index in [1.54, 1.807) is 6.20 Å². The molecule has 3 nitrogen and oxygen atoms in total. The van der Waals surface area contributed by atoms with Crippen LogP contribution in [-0.2, 0) is 6.61 Å². The van der Waals surface area contributed by atoms with Gasteiger partial charge in [0.2, 0.25) is 5.28 Å². The van der Waals surface area contributed by atoms with Crippen molar-refractivity contribution in [3.05, 3.63) is 35.2 Å². The van der Waals surface area contributed by atoms with Crippen molar-refractivity contribution in [2.45, 2.75) is 6.61 Å². The maximum atomic E-state index is 8.88. The number of nitrogens with zero attached hydrogens (tertiary/aromatic N) is 2. The molecule has 0 atom stereocenters. The third-order valence-electron chi connectivity index (χ3n) is 1.80. The Balaban J connectivity index is 2.66. The Kier molecular flexibility index (Phi) is 2.12. The standard InChI is InChI=1S/C9H7ClN2O/c10-9-11-4-7-3-6(5-13)1-2-8(7)12-9/h1-4,13H,5H2. The first-order valence-electron chi connectivity index (χ1n) is 3.81. The van der Waals surface area contributed by atoms with Gasteiger partial charge in [0.1, 0.15) is 0 Å². The van der Waals surface area contributed by atoms with Crippen molar-refractivity contribution >= 4 is 22.5 Å². The summed E-state index contributed by atoms with van der Waals surface area (Å²) in [6.45, 7) is 0.0264. The van der Waals surface area contributed by atoms with Gasteiger partial charge in [0.25, 0.3) is 0 Å². The van der Waals surface area contributed by atoms with Crippen molar-refractivity contribution in [1.29, 1.82) is 0 Å². The molecule has 0 radical (unpaired) electrons. The normalized spacial score (nSPS) is 10.6. The Labute approximate surface area is 80.0 Å². The Morgan fingerprint density at radius 1 is 1.38 bits per heavy atom. The van der Waals surface area contributed by atoms with Crippen molar-refractivity contribution in [3.8, 4) is 0 Å². The molecule has 0 aliphatic heterocycles. The van der Waals surface area contributed by atoms with Crippen LogP contribution >= 0.6 is 11.6 Å². The first-order chi connectivity index (χ1) is 6.29. The molecule has 0 aliphatic carbocycles. The van der Waals surface area contributed by atoms with Gasteiger partial charge in [-0.1, -0.05) is 6.07 Å². The van der Waals surface area contributed by atoms with E-state index in [0.29, 0.717) is 0 Å². The minimum absolute atomic E-state index is 0.0264. The van der Waals surface area contributed by atoms with Gasteiger partial charge in [-0.3, -0.25) is 0 Å². The molecule has 4 heteroatoms. The molecule has 1 aromatic heterocycles. The minimum Gasteiger partial charge on any atom is -0.392 e. The van der Waals surface area contributed by atoms with E-state index in [1.807, 2.05) is 18.2 Å². The molecule has 0 unspecified atom stereocenters. The van der Waals surface area contributed by atoms with Crippen molar-refractivity contribution in [1.82, 2.24) is 9.97 Å². The van der Waals surface area contributed by atoms with Gasteiger partial charge in [-0.2, -0.15) is 0 Å². The highest BCUT2D eigenvalue weighted by atomic mass is 35.5. The quantitative estimate of drug-likeness (QED) is 0.704. The molecule has 0 bridgehead atoms. The topological polar surface area (TPSA) is 46.0 Å². The van der Waals surface area contributed by atoms with Crippen LogP contribution in [0.5, 0.6) is 0 Å². The number of fused-ring (bicyclic) bond motifs is 1. The number of rotatable bonds is 1. The molecule has 1 aromatic carbocycles. The number of aliphatic hydroxyl groups is 1. The average Bonchev–Trinajstić information content (AvgIpc) is 2.17. The van der Waals surface area contributed by atoms with Gasteiger partial charge < -0.3 is 5.11 Å². The summed E-state index contributed by atoms with van der Waals surface area (Å²) in [4.78, 5) is 7.88. The first-order valence-corrected chi connectivity index (χ1v) is 4.19. The van der Waals surface area contributed by atoms with E-state index in [9.17, 15) is 0 Å². The largest absolute Gasteiger partial charge is 0.392 e. The van der Waals surface area contributed by atoms with Crippen LogP contribution in [0, 0.1) is 0 Å². The molecular formula is C9H7ClN2O. The van der Waals surface area contributed by atoms with Crippen molar-refractivity contribution in [3.63, 3.8) is 0 Å². The molecule has 2 rings (SSSR count). The predicted octanol–water partition coefficient (Wildman–Crippen LogP) is 1.78. The van der Waals surface area contributed by atoms with E-state index in [4.69, 9.17) is 16.7 Å². The van der Waals surface area contributed by atoms with Crippen LogP contribution in [0.4, 0.5) is 0 Å². The van der Waals surface area contributed by atoms with Crippen LogP contribution in [0.2, 0.25) is 5.28 Å². The second-order valence-electron chi connectivity index (χ2n) is 2.69. The maximum Gasteiger partial charge on any atom is 0.222 e. The highest BCUT2D eigenvalue weighted by molar-refractivity contribution is 6.28. The van der Waals surface area contributed by atoms with Crippen LogP contribution in [0.1, 0.15) is 5.56 Å². The molecule has 0 aliphatic rings. The Morgan fingerprint density at radius 3 is 3.00 bits per heavy atom. The lowest BCUT2D eigenvalue weighted by atomic mass is 10.2. The third-order valence-corrected chi connectivity index (χ3v) is 1.98. The lowest BCUT2D eigenvalue weighted by molar-refractivity contribution is 0.282. The molecule has 1 heterocycles. The highest BCUT2D eigenvalue weighted by Gasteiger charge is 1.98. The van der Waals surface area contributed by atoms with Gasteiger partial charge in [0, 0.05) is 11.6 Å². The number of halogens is 1. The fourth-order valence-electron chi connectivity index (χ4n) is 1.16. The minimum atomic E-state index is 0.0264. The number of aliphatic hydroxyl groups excluding tert-OH is 1. The monoisotopic (exact) mass is 194 g/mol. The SMILES string of the molecule is OCc1ccc2nc(Cl)ncc2c1. The molecular weight excluding hydrogens is 188 g/mol. The summed E-state index contributed by atoms with van der Waals surface area (Å²) in [6.07, 6.45) is 1.64. The van der Waals surface area contributed by atoms with E-state index in [2.05, 4.69) is 9.97 Å². The lowest BCUT2D eigenvalue weighted by Crippen LogP contribution is -1.87. The van der Waals surface area contributed by atoms with Crippen LogP contribution in [-0.4, -0.2) is 15.1 Å². The van der Waals surface area contributed by atoms with E-state index in [1.165, 1.54) is 0 Å². The van der Waals surface area contributed by atoms with Crippen molar-refractivity contribution < 1.29 is 5.11 Å². The Bertz CT molecular complexity index is 445. The summed E-state index contributed by atoms with van der Waals surface area (Å²) in [6, 6.07) is 5.46. The van der Waals surface area contributed by atoms with E-state index in [0.717, 1.165) is 16.5 Å². The molecule has 0 amide bonds. The molecule has 0 saturated heterocycles. The fourth-order valence-corrected chi connectivity index (χ4v) is 1.30. The zero-order valence-corrected chi connectivity index (χ0v) is 7.49.